The maximum Gasteiger partial charge on any atom is 0.229 e. The Balaban J connectivity index is 1.78. The third-order valence-corrected chi connectivity index (χ3v) is 3.94. The van der Waals surface area contributed by atoms with E-state index in [0.717, 1.165) is 22.7 Å². The van der Waals surface area contributed by atoms with Crippen LogP contribution in [0, 0.1) is 6.92 Å². The highest BCUT2D eigenvalue weighted by Crippen LogP contribution is 2.27. The molecule has 1 heterocycles. The third kappa shape index (κ3) is 4.39. The minimum absolute atomic E-state index is 0.482. The lowest BCUT2D eigenvalue weighted by atomic mass is 10.2. The predicted octanol–water partition coefficient (Wildman–Crippen LogP) is 5.32. The fourth-order valence-corrected chi connectivity index (χ4v) is 2.46. The standard InChI is InChI=1S/C19H19ClN4O/c1-3-25-17-7-5-4-6-16(17)23-19-21-11-10-18(24-19)22-14-9-8-13(2)15(20)12-14/h4-12H,3H2,1-2H3,(H2,21,22,23,24). The Morgan fingerprint density at radius 1 is 1.08 bits per heavy atom. The van der Waals surface area contributed by atoms with Crippen molar-refractivity contribution in [3.05, 3.63) is 65.3 Å². The van der Waals surface area contributed by atoms with Gasteiger partial charge in [-0.25, -0.2) is 4.98 Å². The number of rotatable bonds is 6. The quantitative estimate of drug-likeness (QED) is 0.627. The molecule has 5 nitrogen and oxygen atoms in total. The van der Waals surface area contributed by atoms with Crippen molar-refractivity contribution in [3.8, 4) is 5.75 Å². The summed E-state index contributed by atoms with van der Waals surface area (Å²) in [5.74, 6) is 1.92. The number of benzene rings is 2. The van der Waals surface area contributed by atoms with E-state index in [-0.39, 0.29) is 0 Å². The van der Waals surface area contributed by atoms with Gasteiger partial charge in [0.15, 0.2) is 0 Å². The zero-order valence-corrected chi connectivity index (χ0v) is 14.8. The van der Waals surface area contributed by atoms with Gasteiger partial charge in [-0.15, -0.1) is 0 Å². The zero-order chi connectivity index (χ0) is 17.6. The summed E-state index contributed by atoms with van der Waals surface area (Å²) in [6.07, 6.45) is 1.69. The van der Waals surface area contributed by atoms with Gasteiger partial charge in [-0.05, 0) is 49.7 Å². The lowest BCUT2D eigenvalue weighted by Crippen LogP contribution is -2.02. The minimum Gasteiger partial charge on any atom is -0.492 e. The first-order valence-corrected chi connectivity index (χ1v) is 8.38. The molecule has 0 radical (unpaired) electrons. The second-order valence-electron chi connectivity index (χ2n) is 5.41. The number of anilines is 4. The second-order valence-corrected chi connectivity index (χ2v) is 5.82. The molecule has 1 aromatic heterocycles. The van der Waals surface area contributed by atoms with Crippen molar-refractivity contribution in [1.29, 1.82) is 0 Å². The highest BCUT2D eigenvalue weighted by Gasteiger charge is 2.06. The number of ether oxygens (including phenoxy) is 1. The smallest absolute Gasteiger partial charge is 0.229 e. The number of hydrogen-bond acceptors (Lipinski definition) is 5. The second kappa shape index (κ2) is 7.85. The van der Waals surface area contributed by atoms with Crippen molar-refractivity contribution < 1.29 is 4.74 Å². The molecule has 0 aliphatic carbocycles. The highest BCUT2D eigenvalue weighted by atomic mass is 35.5. The monoisotopic (exact) mass is 354 g/mol. The van der Waals surface area contributed by atoms with E-state index in [9.17, 15) is 0 Å². The van der Waals surface area contributed by atoms with Crippen molar-refractivity contribution in [2.45, 2.75) is 13.8 Å². The van der Waals surface area contributed by atoms with Crippen LogP contribution in [0.15, 0.2) is 54.7 Å². The molecule has 6 heteroatoms. The van der Waals surface area contributed by atoms with E-state index >= 15 is 0 Å². The summed E-state index contributed by atoms with van der Waals surface area (Å²) >= 11 is 6.17. The maximum absolute atomic E-state index is 6.17. The van der Waals surface area contributed by atoms with Gasteiger partial charge in [-0.3, -0.25) is 0 Å². The van der Waals surface area contributed by atoms with Crippen LogP contribution < -0.4 is 15.4 Å². The highest BCUT2D eigenvalue weighted by molar-refractivity contribution is 6.31. The molecule has 0 saturated carbocycles. The third-order valence-electron chi connectivity index (χ3n) is 3.53. The first kappa shape index (κ1) is 17.0. The lowest BCUT2D eigenvalue weighted by Gasteiger charge is -2.12. The average molecular weight is 355 g/mol. The van der Waals surface area contributed by atoms with E-state index in [0.29, 0.717) is 23.4 Å². The minimum atomic E-state index is 0.482. The predicted molar refractivity (Wildman–Crippen MR) is 102 cm³/mol. The van der Waals surface area contributed by atoms with Gasteiger partial charge in [0.1, 0.15) is 11.6 Å². The Kier molecular flexibility index (Phi) is 5.36. The molecule has 0 saturated heterocycles. The Morgan fingerprint density at radius 2 is 1.92 bits per heavy atom. The van der Waals surface area contributed by atoms with E-state index in [1.807, 2.05) is 56.3 Å². The lowest BCUT2D eigenvalue weighted by molar-refractivity contribution is 0.342. The Hall–Kier alpha value is -2.79. The Morgan fingerprint density at radius 3 is 2.72 bits per heavy atom. The molecule has 0 amide bonds. The van der Waals surface area contributed by atoms with Crippen molar-refractivity contribution in [2.24, 2.45) is 0 Å². The molecule has 128 valence electrons. The van der Waals surface area contributed by atoms with Crippen LogP contribution in [0.4, 0.5) is 23.1 Å². The number of aryl methyl sites for hydroxylation is 1. The molecule has 0 bridgehead atoms. The zero-order valence-electron chi connectivity index (χ0n) is 14.1. The van der Waals surface area contributed by atoms with Gasteiger partial charge >= 0.3 is 0 Å². The van der Waals surface area contributed by atoms with E-state index in [4.69, 9.17) is 16.3 Å². The molecular weight excluding hydrogens is 336 g/mol. The van der Waals surface area contributed by atoms with E-state index < -0.39 is 0 Å². The number of aromatic nitrogens is 2. The van der Waals surface area contributed by atoms with Crippen molar-refractivity contribution in [1.82, 2.24) is 9.97 Å². The molecule has 25 heavy (non-hydrogen) atoms. The number of nitrogens with one attached hydrogen (secondary N) is 2. The molecule has 0 fully saturated rings. The molecule has 0 aliphatic heterocycles. The summed E-state index contributed by atoms with van der Waals surface area (Å²) < 4.78 is 5.61. The summed E-state index contributed by atoms with van der Waals surface area (Å²) in [6, 6.07) is 15.3. The van der Waals surface area contributed by atoms with Crippen LogP contribution in [-0.2, 0) is 0 Å². The van der Waals surface area contributed by atoms with Gasteiger partial charge in [0.2, 0.25) is 5.95 Å². The molecule has 2 N–H and O–H groups in total. The van der Waals surface area contributed by atoms with Crippen molar-refractivity contribution in [3.63, 3.8) is 0 Å². The van der Waals surface area contributed by atoms with Crippen LogP contribution in [0.2, 0.25) is 5.02 Å². The van der Waals surface area contributed by atoms with Crippen molar-refractivity contribution >= 4 is 34.7 Å². The first-order valence-electron chi connectivity index (χ1n) is 8.01. The summed E-state index contributed by atoms with van der Waals surface area (Å²) in [5.41, 5.74) is 2.72. The van der Waals surface area contributed by atoms with Crippen LogP contribution in [0.5, 0.6) is 5.75 Å². The van der Waals surface area contributed by atoms with Crippen LogP contribution in [0.3, 0.4) is 0 Å². The first-order chi connectivity index (χ1) is 12.2. The van der Waals surface area contributed by atoms with Gasteiger partial charge in [0, 0.05) is 16.9 Å². The van der Waals surface area contributed by atoms with E-state index in [2.05, 4.69) is 20.6 Å². The number of hydrogen-bond donors (Lipinski definition) is 2. The summed E-state index contributed by atoms with van der Waals surface area (Å²) in [7, 11) is 0. The summed E-state index contributed by atoms with van der Waals surface area (Å²) in [5, 5.41) is 7.13. The summed E-state index contributed by atoms with van der Waals surface area (Å²) in [4.78, 5) is 8.75. The number of para-hydroxylation sites is 2. The average Bonchev–Trinajstić information content (AvgIpc) is 2.61. The van der Waals surface area contributed by atoms with Gasteiger partial charge in [0.05, 0.1) is 12.3 Å². The van der Waals surface area contributed by atoms with Gasteiger partial charge in [0.25, 0.3) is 0 Å². The van der Waals surface area contributed by atoms with E-state index in [1.165, 1.54) is 0 Å². The normalized spacial score (nSPS) is 10.4. The Bertz CT molecular complexity index is 870. The maximum atomic E-state index is 6.17. The molecule has 3 rings (SSSR count). The topological polar surface area (TPSA) is 59.1 Å². The van der Waals surface area contributed by atoms with Gasteiger partial charge < -0.3 is 15.4 Å². The summed E-state index contributed by atoms with van der Waals surface area (Å²) in [6.45, 7) is 4.51. The Labute approximate surface area is 152 Å². The van der Waals surface area contributed by atoms with Crippen LogP contribution >= 0.6 is 11.6 Å². The molecule has 0 aliphatic rings. The van der Waals surface area contributed by atoms with Crippen LogP contribution in [-0.4, -0.2) is 16.6 Å². The molecular formula is C19H19ClN4O. The fourth-order valence-electron chi connectivity index (χ4n) is 2.28. The van der Waals surface area contributed by atoms with E-state index in [1.54, 1.807) is 12.3 Å². The number of halogens is 1. The molecule has 0 spiro atoms. The van der Waals surface area contributed by atoms with Gasteiger partial charge in [-0.2, -0.15) is 4.98 Å². The molecule has 0 unspecified atom stereocenters. The molecule has 0 atom stereocenters. The fraction of sp³-hybridized carbons (Fsp3) is 0.158. The number of nitrogens with zero attached hydrogens (tertiary/aromatic N) is 2. The van der Waals surface area contributed by atoms with Gasteiger partial charge in [-0.1, -0.05) is 29.8 Å². The van der Waals surface area contributed by atoms with Crippen molar-refractivity contribution in [2.75, 3.05) is 17.2 Å². The largest absolute Gasteiger partial charge is 0.492 e. The van der Waals surface area contributed by atoms with Crippen LogP contribution in [0.25, 0.3) is 0 Å². The van der Waals surface area contributed by atoms with Crippen LogP contribution in [0.1, 0.15) is 12.5 Å². The molecule has 2 aromatic carbocycles. The molecule has 3 aromatic rings. The SMILES string of the molecule is CCOc1ccccc1Nc1nccc(Nc2ccc(C)c(Cl)c2)n1.